The van der Waals surface area contributed by atoms with Crippen LogP contribution in [-0.2, 0) is 0 Å². The van der Waals surface area contributed by atoms with E-state index in [-0.39, 0.29) is 6.04 Å². The second kappa shape index (κ2) is 5.66. The van der Waals surface area contributed by atoms with Gasteiger partial charge in [0.05, 0.1) is 0 Å². The SMILES string of the molecule is Cc1cc(Cl)cc(-c2nc(N3CCC(C)C(N)C3)n[nH]2)c1. The van der Waals surface area contributed by atoms with E-state index in [4.69, 9.17) is 17.3 Å². The molecule has 112 valence electrons. The molecule has 0 aliphatic carbocycles. The van der Waals surface area contributed by atoms with E-state index in [2.05, 4.69) is 27.0 Å². The summed E-state index contributed by atoms with van der Waals surface area (Å²) in [6, 6.07) is 6.03. The van der Waals surface area contributed by atoms with Gasteiger partial charge >= 0.3 is 0 Å². The molecule has 2 heterocycles. The summed E-state index contributed by atoms with van der Waals surface area (Å²) < 4.78 is 0. The number of nitrogens with two attached hydrogens (primary N) is 1. The Morgan fingerprint density at radius 3 is 2.90 bits per heavy atom. The Kier molecular flexibility index (Phi) is 3.87. The van der Waals surface area contributed by atoms with Crippen LogP contribution in [0.2, 0.25) is 5.02 Å². The molecule has 1 aliphatic heterocycles. The third kappa shape index (κ3) is 3.04. The summed E-state index contributed by atoms with van der Waals surface area (Å²) in [4.78, 5) is 6.73. The van der Waals surface area contributed by atoms with Crippen molar-refractivity contribution in [2.75, 3.05) is 18.0 Å². The number of benzene rings is 1. The number of nitrogens with zero attached hydrogens (tertiary/aromatic N) is 3. The Hall–Kier alpha value is -1.59. The van der Waals surface area contributed by atoms with Gasteiger partial charge in [-0.05, 0) is 43.0 Å². The van der Waals surface area contributed by atoms with Crippen molar-refractivity contribution < 1.29 is 0 Å². The van der Waals surface area contributed by atoms with Crippen LogP contribution in [-0.4, -0.2) is 34.3 Å². The van der Waals surface area contributed by atoms with Gasteiger partial charge in [0.2, 0.25) is 5.95 Å². The van der Waals surface area contributed by atoms with E-state index in [0.29, 0.717) is 16.9 Å². The number of rotatable bonds is 2. The van der Waals surface area contributed by atoms with Crippen LogP contribution in [0.25, 0.3) is 11.4 Å². The summed E-state index contributed by atoms with van der Waals surface area (Å²) in [5, 5.41) is 8.03. The molecule has 2 aromatic rings. The third-order valence-electron chi connectivity index (χ3n) is 4.09. The average Bonchev–Trinajstić information content (AvgIpc) is 2.90. The number of aromatic nitrogens is 3. The van der Waals surface area contributed by atoms with Crippen molar-refractivity contribution in [2.24, 2.45) is 11.7 Å². The molecule has 0 saturated carbocycles. The molecule has 1 aromatic heterocycles. The number of hydrogen-bond acceptors (Lipinski definition) is 4. The number of H-pyrrole nitrogens is 1. The van der Waals surface area contributed by atoms with E-state index in [1.807, 2.05) is 25.1 Å². The maximum atomic E-state index is 6.14. The molecule has 2 unspecified atom stereocenters. The van der Waals surface area contributed by atoms with E-state index < -0.39 is 0 Å². The molecule has 0 bridgehead atoms. The van der Waals surface area contributed by atoms with Crippen molar-refractivity contribution in [1.82, 2.24) is 15.2 Å². The van der Waals surface area contributed by atoms with Crippen LogP contribution in [0.15, 0.2) is 18.2 Å². The molecule has 3 N–H and O–H groups in total. The second-order valence-electron chi connectivity index (χ2n) is 5.88. The summed E-state index contributed by atoms with van der Waals surface area (Å²) in [6.07, 6.45) is 1.07. The van der Waals surface area contributed by atoms with Crippen molar-refractivity contribution in [3.8, 4) is 11.4 Å². The van der Waals surface area contributed by atoms with Gasteiger partial charge in [0.15, 0.2) is 5.82 Å². The van der Waals surface area contributed by atoms with Crippen LogP contribution >= 0.6 is 11.6 Å². The Morgan fingerprint density at radius 2 is 2.19 bits per heavy atom. The lowest BCUT2D eigenvalue weighted by Gasteiger charge is -2.34. The quantitative estimate of drug-likeness (QED) is 0.894. The van der Waals surface area contributed by atoms with Crippen LogP contribution in [0.1, 0.15) is 18.9 Å². The van der Waals surface area contributed by atoms with Crippen molar-refractivity contribution >= 4 is 17.5 Å². The zero-order valence-electron chi connectivity index (χ0n) is 12.3. The average molecular weight is 306 g/mol. The van der Waals surface area contributed by atoms with E-state index >= 15 is 0 Å². The zero-order valence-corrected chi connectivity index (χ0v) is 13.1. The first-order valence-electron chi connectivity index (χ1n) is 7.23. The summed E-state index contributed by atoms with van der Waals surface area (Å²) in [5.74, 6) is 2.00. The Bertz CT molecular complexity index is 618. The lowest BCUT2D eigenvalue weighted by molar-refractivity contribution is 0.376. The molecule has 3 rings (SSSR count). The Morgan fingerprint density at radius 1 is 1.38 bits per heavy atom. The maximum Gasteiger partial charge on any atom is 0.245 e. The highest BCUT2D eigenvalue weighted by Crippen LogP contribution is 2.25. The fraction of sp³-hybridized carbons (Fsp3) is 0.467. The molecule has 1 saturated heterocycles. The molecule has 1 aromatic carbocycles. The highest BCUT2D eigenvalue weighted by molar-refractivity contribution is 6.30. The minimum absolute atomic E-state index is 0.175. The molecule has 1 aliphatic rings. The predicted molar refractivity (Wildman–Crippen MR) is 85.5 cm³/mol. The minimum atomic E-state index is 0.175. The second-order valence-corrected chi connectivity index (χ2v) is 6.31. The summed E-state index contributed by atoms with van der Waals surface area (Å²) >= 11 is 6.10. The summed E-state index contributed by atoms with van der Waals surface area (Å²) in [7, 11) is 0. The fourth-order valence-electron chi connectivity index (χ4n) is 2.68. The minimum Gasteiger partial charge on any atom is -0.338 e. The number of aryl methyl sites for hydroxylation is 1. The number of hydrogen-bond donors (Lipinski definition) is 2. The third-order valence-corrected chi connectivity index (χ3v) is 4.31. The number of aromatic amines is 1. The van der Waals surface area contributed by atoms with Crippen molar-refractivity contribution in [1.29, 1.82) is 0 Å². The van der Waals surface area contributed by atoms with Gasteiger partial charge in [-0.2, -0.15) is 4.98 Å². The fourth-order valence-corrected chi connectivity index (χ4v) is 2.97. The molecular weight excluding hydrogens is 286 g/mol. The first-order valence-corrected chi connectivity index (χ1v) is 7.61. The van der Waals surface area contributed by atoms with E-state index in [1.54, 1.807) is 0 Å². The lowest BCUT2D eigenvalue weighted by atomic mass is 9.95. The van der Waals surface area contributed by atoms with Crippen LogP contribution in [0, 0.1) is 12.8 Å². The van der Waals surface area contributed by atoms with E-state index in [0.717, 1.165) is 36.5 Å². The van der Waals surface area contributed by atoms with Gasteiger partial charge in [-0.25, -0.2) is 0 Å². The molecule has 21 heavy (non-hydrogen) atoms. The number of halogens is 1. The molecule has 6 heteroatoms. The smallest absolute Gasteiger partial charge is 0.245 e. The highest BCUT2D eigenvalue weighted by atomic mass is 35.5. The van der Waals surface area contributed by atoms with Crippen LogP contribution in [0.5, 0.6) is 0 Å². The first kappa shape index (κ1) is 14.4. The molecule has 0 amide bonds. The largest absolute Gasteiger partial charge is 0.338 e. The van der Waals surface area contributed by atoms with Crippen LogP contribution in [0.3, 0.4) is 0 Å². The van der Waals surface area contributed by atoms with Gasteiger partial charge in [-0.15, -0.1) is 5.10 Å². The van der Waals surface area contributed by atoms with Gasteiger partial charge in [0.1, 0.15) is 0 Å². The van der Waals surface area contributed by atoms with E-state index in [9.17, 15) is 0 Å². The zero-order chi connectivity index (χ0) is 15.0. The number of piperidine rings is 1. The lowest BCUT2D eigenvalue weighted by Crippen LogP contribution is -2.48. The first-order chi connectivity index (χ1) is 10.0. The standard InChI is InChI=1S/C15H20ClN5/c1-9-5-11(7-12(16)6-9)14-18-15(20-19-14)21-4-3-10(2)13(17)8-21/h5-7,10,13H,3-4,8,17H2,1-2H3,(H,18,19,20). The topological polar surface area (TPSA) is 70.8 Å². The molecule has 2 atom stereocenters. The molecule has 1 fully saturated rings. The van der Waals surface area contributed by atoms with E-state index in [1.165, 1.54) is 0 Å². The predicted octanol–water partition coefficient (Wildman–Crippen LogP) is 2.61. The maximum absolute atomic E-state index is 6.14. The number of nitrogens with one attached hydrogen (secondary N) is 1. The van der Waals surface area contributed by atoms with Crippen molar-refractivity contribution in [3.05, 3.63) is 28.8 Å². The molecule has 0 spiro atoms. The number of anilines is 1. The molecule has 0 radical (unpaired) electrons. The Labute approximate surface area is 129 Å². The van der Waals surface area contributed by atoms with Gasteiger partial charge in [-0.3, -0.25) is 5.10 Å². The normalized spacial score (nSPS) is 22.6. The monoisotopic (exact) mass is 305 g/mol. The summed E-state index contributed by atoms with van der Waals surface area (Å²) in [6.45, 7) is 5.95. The van der Waals surface area contributed by atoms with Gasteiger partial charge in [0.25, 0.3) is 0 Å². The molecular formula is C15H20ClN5. The van der Waals surface area contributed by atoms with Crippen LogP contribution < -0.4 is 10.6 Å². The summed E-state index contributed by atoms with van der Waals surface area (Å²) in [5.41, 5.74) is 8.19. The highest BCUT2D eigenvalue weighted by Gasteiger charge is 2.25. The van der Waals surface area contributed by atoms with Crippen molar-refractivity contribution in [2.45, 2.75) is 26.3 Å². The van der Waals surface area contributed by atoms with Crippen molar-refractivity contribution in [3.63, 3.8) is 0 Å². The van der Waals surface area contributed by atoms with Gasteiger partial charge in [-0.1, -0.05) is 18.5 Å². The molecule has 5 nitrogen and oxygen atoms in total. The Balaban J connectivity index is 1.83. The van der Waals surface area contributed by atoms with Gasteiger partial charge < -0.3 is 10.6 Å². The van der Waals surface area contributed by atoms with Gasteiger partial charge in [0, 0.05) is 29.7 Å². The van der Waals surface area contributed by atoms with Crippen LogP contribution in [0.4, 0.5) is 5.95 Å².